The van der Waals surface area contributed by atoms with E-state index in [0.717, 1.165) is 16.7 Å². The van der Waals surface area contributed by atoms with Crippen molar-refractivity contribution in [2.45, 2.75) is 13.8 Å². The lowest BCUT2D eigenvalue weighted by Crippen LogP contribution is -2.62. The minimum Gasteiger partial charge on any atom is -0.857 e. The maximum atomic E-state index is 12.6. The minimum atomic E-state index is -0.477. The van der Waals surface area contributed by atoms with Gasteiger partial charge in [-0.1, -0.05) is 5.57 Å². The number of thiophene rings is 1. The number of aliphatic imine (C=N–C) groups is 1. The van der Waals surface area contributed by atoms with E-state index in [1.54, 1.807) is 6.20 Å². The maximum absolute atomic E-state index is 12.6. The van der Waals surface area contributed by atoms with Crippen LogP contribution in [0, 0.1) is 0 Å². The number of pyridine rings is 1. The van der Waals surface area contributed by atoms with E-state index < -0.39 is 5.90 Å². The summed E-state index contributed by atoms with van der Waals surface area (Å²) in [5.41, 5.74) is 8.51. The highest BCUT2D eigenvalue weighted by molar-refractivity contribution is 7.21. The lowest BCUT2D eigenvalue weighted by molar-refractivity contribution is -0.759. The van der Waals surface area contributed by atoms with Gasteiger partial charge in [-0.25, -0.2) is 9.98 Å². The van der Waals surface area contributed by atoms with Gasteiger partial charge in [-0.15, -0.1) is 16.3 Å². The van der Waals surface area contributed by atoms with Crippen LogP contribution in [0.3, 0.4) is 0 Å². The summed E-state index contributed by atoms with van der Waals surface area (Å²) in [4.78, 5) is 11.2. The molecule has 4 heterocycles. The number of allylic oxidation sites excluding steroid dienone is 1. The number of fused-ring (bicyclic) bond motifs is 1. The topological polar surface area (TPSA) is 117 Å². The molecule has 0 saturated carbocycles. The van der Waals surface area contributed by atoms with Crippen molar-refractivity contribution in [3.63, 3.8) is 0 Å². The third-order valence-electron chi connectivity index (χ3n) is 4.18. The SMILES string of the molecule is CC(C)=Cc1ccc2c(N)c(/C([O-])=N/c3c[n+](N4CCOCC4)no3)sc2n1. The van der Waals surface area contributed by atoms with E-state index in [4.69, 9.17) is 15.0 Å². The zero-order chi connectivity index (χ0) is 19.7. The normalized spacial score (nSPS) is 15.2. The molecule has 4 rings (SSSR count). The largest absolute Gasteiger partial charge is 0.857 e. The Morgan fingerprint density at radius 2 is 2.14 bits per heavy atom. The quantitative estimate of drug-likeness (QED) is 0.394. The van der Waals surface area contributed by atoms with E-state index in [1.165, 1.54) is 16.1 Å². The molecular formula is C18H20N6O3S. The van der Waals surface area contributed by atoms with Crippen molar-refractivity contribution in [1.29, 1.82) is 0 Å². The molecule has 3 aromatic heterocycles. The average molecular weight is 400 g/mol. The highest BCUT2D eigenvalue weighted by Crippen LogP contribution is 2.33. The Morgan fingerprint density at radius 3 is 2.89 bits per heavy atom. The van der Waals surface area contributed by atoms with Crippen LogP contribution in [0.25, 0.3) is 16.3 Å². The summed E-state index contributed by atoms with van der Waals surface area (Å²) in [6.45, 7) is 6.61. The van der Waals surface area contributed by atoms with Crippen LogP contribution in [0.4, 0.5) is 11.6 Å². The van der Waals surface area contributed by atoms with Crippen molar-refractivity contribution in [2.24, 2.45) is 4.99 Å². The van der Waals surface area contributed by atoms with E-state index in [2.05, 4.69) is 15.2 Å². The van der Waals surface area contributed by atoms with Crippen molar-refractivity contribution >= 4 is 45.1 Å². The fourth-order valence-electron chi connectivity index (χ4n) is 2.87. The second-order valence-electron chi connectivity index (χ2n) is 6.60. The number of nitrogens with zero attached hydrogens (tertiary/aromatic N) is 5. The molecule has 1 aliphatic rings. The number of hydrogen-bond donors (Lipinski definition) is 1. The smallest absolute Gasteiger partial charge is 0.324 e. The molecule has 2 N–H and O–H groups in total. The van der Waals surface area contributed by atoms with E-state index in [0.29, 0.717) is 41.7 Å². The van der Waals surface area contributed by atoms with Crippen molar-refractivity contribution in [2.75, 3.05) is 37.0 Å². The molecule has 0 radical (unpaired) electrons. The molecular weight excluding hydrogens is 380 g/mol. The molecule has 1 fully saturated rings. The second kappa shape index (κ2) is 7.56. The van der Waals surface area contributed by atoms with Crippen LogP contribution in [0.2, 0.25) is 0 Å². The van der Waals surface area contributed by atoms with Gasteiger partial charge in [0, 0.05) is 11.3 Å². The van der Waals surface area contributed by atoms with E-state index in [9.17, 15) is 5.11 Å². The van der Waals surface area contributed by atoms with E-state index in [-0.39, 0.29) is 5.88 Å². The van der Waals surface area contributed by atoms with Gasteiger partial charge in [0.1, 0.15) is 4.83 Å². The molecule has 10 heteroatoms. The Hall–Kier alpha value is -2.98. The van der Waals surface area contributed by atoms with Crippen LogP contribution in [-0.2, 0) is 4.74 Å². The third-order valence-corrected chi connectivity index (χ3v) is 5.28. The maximum Gasteiger partial charge on any atom is 0.324 e. The number of rotatable bonds is 4. The van der Waals surface area contributed by atoms with E-state index >= 15 is 0 Å². The monoisotopic (exact) mass is 400 g/mol. The highest BCUT2D eigenvalue weighted by Gasteiger charge is 2.23. The average Bonchev–Trinajstić information content (AvgIpc) is 3.26. The fourth-order valence-corrected chi connectivity index (χ4v) is 3.85. The summed E-state index contributed by atoms with van der Waals surface area (Å²) in [7, 11) is 0. The molecule has 146 valence electrons. The second-order valence-corrected chi connectivity index (χ2v) is 7.60. The van der Waals surface area contributed by atoms with Crippen LogP contribution in [-0.4, -0.2) is 42.5 Å². The number of aromatic nitrogens is 3. The minimum absolute atomic E-state index is 0.117. The van der Waals surface area contributed by atoms with Crippen LogP contribution < -0.4 is 20.6 Å². The Balaban J connectivity index is 1.62. The first-order valence-corrected chi connectivity index (χ1v) is 9.64. The van der Waals surface area contributed by atoms with Gasteiger partial charge in [-0.2, -0.15) is 0 Å². The van der Waals surface area contributed by atoms with Crippen molar-refractivity contribution in [3.8, 4) is 0 Å². The Labute approximate surface area is 165 Å². The lowest BCUT2D eigenvalue weighted by Gasteiger charge is -2.18. The first kappa shape index (κ1) is 18.4. The Kier molecular flexibility index (Phi) is 4.97. The van der Waals surface area contributed by atoms with Crippen LogP contribution >= 0.6 is 11.3 Å². The van der Waals surface area contributed by atoms with Crippen LogP contribution in [0.5, 0.6) is 0 Å². The molecule has 0 unspecified atom stereocenters. The summed E-state index contributed by atoms with van der Waals surface area (Å²) >= 11 is 1.22. The van der Waals surface area contributed by atoms with Gasteiger partial charge in [0.2, 0.25) is 5.27 Å². The van der Waals surface area contributed by atoms with Gasteiger partial charge < -0.3 is 15.6 Å². The molecule has 1 saturated heterocycles. The number of morpholine rings is 1. The summed E-state index contributed by atoms with van der Waals surface area (Å²) in [6.07, 6.45) is 3.54. The van der Waals surface area contributed by atoms with Gasteiger partial charge in [0.05, 0.1) is 47.4 Å². The van der Waals surface area contributed by atoms with Gasteiger partial charge in [-0.05, 0) is 32.1 Å². The zero-order valence-electron chi connectivity index (χ0n) is 15.6. The Bertz CT molecular complexity index is 1060. The molecule has 28 heavy (non-hydrogen) atoms. The number of hydrogen-bond acceptors (Lipinski definition) is 9. The third kappa shape index (κ3) is 3.69. The van der Waals surface area contributed by atoms with Gasteiger partial charge in [0.25, 0.3) is 6.20 Å². The van der Waals surface area contributed by atoms with E-state index in [1.807, 2.05) is 37.1 Å². The van der Waals surface area contributed by atoms with Crippen LogP contribution in [0.1, 0.15) is 24.4 Å². The fraction of sp³-hybridized carbons (Fsp3) is 0.333. The number of anilines is 1. The van der Waals surface area contributed by atoms with Crippen molar-refractivity contribution in [1.82, 2.24) is 10.3 Å². The zero-order valence-corrected chi connectivity index (χ0v) is 16.4. The summed E-state index contributed by atoms with van der Waals surface area (Å²) in [6, 6.07) is 3.76. The Morgan fingerprint density at radius 1 is 1.36 bits per heavy atom. The van der Waals surface area contributed by atoms with Crippen molar-refractivity contribution < 1.29 is 19.2 Å². The molecule has 3 aromatic rings. The molecule has 0 amide bonds. The standard InChI is InChI=1S/C18H20N6O3S/c1-11(2)9-12-3-4-13-15(19)16(28-18(13)20-12)17(25)21-14-10-24(22-27-14)23-5-7-26-8-6-23/h3-4,9-10H,5-8H2,1-2H3,(H2-,19,21,22,25). The lowest BCUT2D eigenvalue weighted by atomic mass is 10.2. The van der Waals surface area contributed by atoms with Gasteiger partial charge in [0.15, 0.2) is 0 Å². The predicted octanol–water partition coefficient (Wildman–Crippen LogP) is 0.984. The molecule has 9 nitrogen and oxygen atoms in total. The summed E-state index contributed by atoms with van der Waals surface area (Å²) in [5, 5.41) is 19.2. The molecule has 0 bridgehead atoms. The summed E-state index contributed by atoms with van der Waals surface area (Å²) < 4.78 is 10.5. The first-order valence-electron chi connectivity index (χ1n) is 8.83. The van der Waals surface area contributed by atoms with Crippen molar-refractivity contribution in [3.05, 3.63) is 34.5 Å². The summed E-state index contributed by atoms with van der Waals surface area (Å²) in [5.74, 6) is -0.360. The van der Waals surface area contributed by atoms with Crippen LogP contribution in [0.15, 0.2) is 33.4 Å². The molecule has 0 aromatic carbocycles. The molecule has 1 aliphatic heterocycles. The number of nitrogen functional groups attached to an aromatic ring is 1. The molecule has 0 aliphatic carbocycles. The number of nitrogens with two attached hydrogens (primary N) is 1. The molecule has 0 atom stereocenters. The highest BCUT2D eigenvalue weighted by atomic mass is 32.1. The van der Waals surface area contributed by atoms with Gasteiger partial charge in [-0.3, -0.25) is 4.52 Å². The van der Waals surface area contributed by atoms with Gasteiger partial charge >= 0.3 is 5.88 Å². The predicted molar refractivity (Wildman–Crippen MR) is 105 cm³/mol. The molecule has 0 spiro atoms. The first-order chi connectivity index (χ1) is 13.5. The number of ether oxygens (including phenoxy) is 1.